The number of alkyl halides is 2. The first kappa shape index (κ1) is 29.0. The highest BCUT2D eigenvalue weighted by molar-refractivity contribution is 7.94. The van der Waals surface area contributed by atoms with Crippen LogP contribution in [0.4, 0.5) is 22.0 Å². The average molecular weight is 603 g/mol. The molecule has 0 unspecified atom stereocenters. The number of sulfone groups is 1. The van der Waals surface area contributed by atoms with Gasteiger partial charge in [-0.1, -0.05) is 0 Å². The highest BCUT2D eigenvalue weighted by Gasteiger charge is 2.60. The molecule has 4 aliphatic rings. The van der Waals surface area contributed by atoms with E-state index < -0.39 is 86.7 Å². The van der Waals surface area contributed by atoms with E-state index in [0.717, 1.165) is 23.1 Å². The fourth-order valence-electron chi connectivity index (χ4n) is 6.10. The number of amides is 3. The fraction of sp³-hybridized carbons (Fsp3) is 0.500. The second-order valence-corrected chi connectivity index (χ2v) is 12.8. The molecular formula is C26H27F5N4O5S. The number of rotatable bonds is 7. The average Bonchev–Trinajstić information content (AvgIpc) is 3.52. The number of nitrogens with one attached hydrogen (secondary N) is 3. The van der Waals surface area contributed by atoms with Gasteiger partial charge in [-0.2, -0.15) is 4.39 Å². The van der Waals surface area contributed by atoms with Gasteiger partial charge in [0.1, 0.15) is 23.4 Å². The van der Waals surface area contributed by atoms with E-state index >= 15 is 8.78 Å². The van der Waals surface area contributed by atoms with Crippen LogP contribution in [0.1, 0.15) is 42.6 Å². The molecule has 4 fully saturated rings. The Balaban J connectivity index is 1.49. The Labute approximate surface area is 231 Å². The van der Waals surface area contributed by atoms with Crippen LogP contribution in [0.25, 0.3) is 10.9 Å². The van der Waals surface area contributed by atoms with Crippen LogP contribution in [-0.4, -0.2) is 72.9 Å². The third-order valence-corrected chi connectivity index (χ3v) is 8.92. The van der Waals surface area contributed by atoms with Gasteiger partial charge in [0.05, 0.1) is 17.5 Å². The quantitative estimate of drug-likeness (QED) is 0.420. The number of carbonyl (C=O) groups excluding carboxylic acids is 3. The minimum Gasteiger partial charge on any atom is -0.356 e. The molecule has 222 valence electrons. The Hall–Kier alpha value is -3.49. The van der Waals surface area contributed by atoms with Gasteiger partial charge in [0.15, 0.2) is 0 Å². The van der Waals surface area contributed by atoms with Gasteiger partial charge in [-0.15, -0.1) is 0 Å². The third-order valence-electron chi connectivity index (χ3n) is 8.07. The Bertz CT molecular complexity index is 1520. The summed E-state index contributed by atoms with van der Waals surface area (Å²) in [6.45, 7) is 0.314. The van der Waals surface area contributed by atoms with Crippen molar-refractivity contribution in [3.05, 3.63) is 46.8 Å². The molecule has 15 heteroatoms. The summed E-state index contributed by atoms with van der Waals surface area (Å²) in [7, 11) is -4.32. The highest BCUT2D eigenvalue weighted by atomic mass is 32.2. The van der Waals surface area contributed by atoms with Crippen LogP contribution in [0.5, 0.6) is 0 Å². The third kappa shape index (κ3) is 5.43. The zero-order valence-corrected chi connectivity index (χ0v) is 22.5. The van der Waals surface area contributed by atoms with Crippen LogP contribution in [0.3, 0.4) is 0 Å². The zero-order valence-electron chi connectivity index (χ0n) is 21.7. The molecule has 1 aromatic carbocycles. The lowest BCUT2D eigenvalue weighted by Gasteiger charge is -2.53. The number of halogens is 5. The van der Waals surface area contributed by atoms with E-state index in [-0.39, 0.29) is 35.9 Å². The van der Waals surface area contributed by atoms with Gasteiger partial charge in [-0.25, -0.2) is 26.0 Å². The molecule has 0 radical (unpaired) electrons. The Kier molecular flexibility index (Phi) is 7.37. The number of aromatic nitrogens is 1. The van der Waals surface area contributed by atoms with Crippen molar-refractivity contribution < 1.29 is 44.8 Å². The van der Waals surface area contributed by atoms with E-state index in [1.807, 2.05) is 0 Å². The van der Waals surface area contributed by atoms with E-state index in [1.54, 1.807) is 0 Å². The molecule has 41 heavy (non-hydrogen) atoms. The summed E-state index contributed by atoms with van der Waals surface area (Å²) in [6.07, 6.45) is 0.618. The molecule has 5 atom stereocenters. The number of H-pyrrole nitrogens is 1. The van der Waals surface area contributed by atoms with Gasteiger partial charge >= 0.3 is 0 Å². The van der Waals surface area contributed by atoms with Crippen molar-refractivity contribution in [2.45, 2.75) is 56.2 Å². The summed E-state index contributed by atoms with van der Waals surface area (Å²) in [5.74, 6) is -9.77. The number of hydrogen-bond acceptors (Lipinski definition) is 5. The van der Waals surface area contributed by atoms with Gasteiger partial charge in [-0.3, -0.25) is 14.4 Å². The van der Waals surface area contributed by atoms with Crippen molar-refractivity contribution in [1.29, 1.82) is 0 Å². The second kappa shape index (κ2) is 10.4. The summed E-state index contributed by atoms with van der Waals surface area (Å²) in [6, 6.07) is -1.48. The number of nitrogens with zero attached hydrogens (tertiary/aromatic N) is 1. The van der Waals surface area contributed by atoms with Gasteiger partial charge in [0, 0.05) is 36.6 Å². The molecule has 3 saturated heterocycles. The number of piperidine rings is 2. The Morgan fingerprint density at radius 2 is 1.90 bits per heavy atom. The molecular weight excluding hydrogens is 575 g/mol. The lowest BCUT2D eigenvalue weighted by molar-refractivity contribution is -0.179. The number of benzene rings is 1. The predicted octanol–water partition coefficient (Wildman–Crippen LogP) is 2.94. The number of fused-ring (bicyclic) bond motifs is 4. The van der Waals surface area contributed by atoms with Gasteiger partial charge in [0.25, 0.3) is 11.8 Å². The van der Waals surface area contributed by atoms with Crippen LogP contribution < -0.4 is 10.6 Å². The first-order valence-electron chi connectivity index (χ1n) is 13.0. The van der Waals surface area contributed by atoms with E-state index in [4.69, 9.17) is 0 Å². The predicted molar refractivity (Wildman–Crippen MR) is 136 cm³/mol. The molecule has 0 spiro atoms. The van der Waals surface area contributed by atoms with E-state index in [0.29, 0.717) is 25.3 Å². The largest absolute Gasteiger partial charge is 0.356 e. The van der Waals surface area contributed by atoms with Crippen LogP contribution in [0.2, 0.25) is 0 Å². The minimum atomic E-state index is -4.32. The smallest absolute Gasteiger partial charge is 0.271 e. The van der Waals surface area contributed by atoms with E-state index in [2.05, 4.69) is 15.6 Å². The fourth-order valence-corrected chi connectivity index (χ4v) is 6.51. The summed E-state index contributed by atoms with van der Waals surface area (Å²) in [5.41, 5.74) is -0.627. The standard InChI is InChI=1S/C26H27F5N4O5S/c1-41(39,40)20(29)9-13(8-12-6-7-32-23(12)36)33-24(37)22-16-3-2-14(11-26(16,30)31)35(22)25(38)19-10-15-17(27)4-5-18(28)21(15)34-19/h4-5,9-10,12-14,16,22,34H,2-3,6-8,11H2,1H3,(H,32,36)(H,33,37)/b20-9+/t12-,13-,14-,16-,22-/m0/s1. The molecule has 2 aromatic rings. The van der Waals surface area contributed by atoms with Gasteiger partial charge in [-0.05, 0) is 50.0 Å². The molecule has 2 bridgehead atoms. The van der Waals surface area contributed by atoms with Crippen molar-refractivity contribution in [3.8, 4) is 0 Å². The number of carbonyl (C=O) groups is 3. The zero-order chi connectivity index (χ0) is 29.9. The molecule has 1 aliphatic carbocycles. The first-order chi connectivity index (χ1) is 19.2. The molecule has 1 aromatic heterocycles. The normalized spacial score (nSPS) is 26.7. The van der Waals surface area contributed by atoms with E-state index in [9.17, 15) is 36.0 Å². The van der Waals surface area contributed by atoms with Crippen molar-refractivity contribution in [2.24, 2.45) is 11.8 Å². The van der Waals surface area contributed by atoms with Gasteiger partial charge < -0.3 is 20.5 Å². The summed E-state index contributed by atoms with van der Waals surface area (Å²) < 4.78 is 96.6. The maximum atomic E-state index is 15.1. The van der Waals surface area contributed by atoms with Crippen molar-refractivity contribution >= 4 is 38.5 Å². The molecule has 1 saturated carbocycles. The topological polar surface area (TPSA) is 128 Å². The lowest BCUT2D eigenvalue weighted by Crippen LogP contribution is -2.68. The summed E-state index contributed by atoms with van der Waals surface area (Å²) >= 11 is 0. The van der Waals surface area contributed by atoms with Crippen molar-refractivity contribution in [3.63, 3.8) is 0 Å². The Morgan fingerprint density at radius 1 is 1.20 bits per heavy atom. The lowest BCUT2D eigenvalue weighted by atomic mass is 9.71. The van der Waals surface area contributed by atoms with Crippen LogP contribution in [0.15, 0.2) is 29.4 Å². The summed E-state index contributed by atoms with van der Waals surface area (Å²) in [5, 5.41) is 3.14. The van der Waals surface area contributed by atoms with Crippen molar-refractivity contribution in [1.82, 2.24) is 20.5 Å². The second-order valence-electron chi connectivity index (χ2n) is 10.8. The molecule has 9 nitrogen and oxygen atoms in total. The van der Waals surface area contributed by atoms with Crippen LogP contribution in [0, 0.1) is 23.5 Å². The van der Waals surface area contributed by atoms with Crippen molar-refractivity contribution in [2.75, 3.05) is 12.8 Å². The molecule has 4 heterocycles. The molecule has 6 rings (SSSR count). The van der Waals surface area contributed by atoms with Gasteiger partial charge in [0.2, 0.25) is 26.8 Å². The first-order valence-corrected chi connectivity index (χ1v) is 14.9. The molecule has 3 N–H and O–H groups in total. The molecule has 3 amide bonds. The number of hydrogen-bond donors (Lipinski definition) is 3. The monoisotopic (exact) mass is 602 g/mol. The highest BCUT2D eigenvalue weighted by Crippen LogP contribution is 2.49. The Morgan fingerprint density at radius 3 is 2.51 bits per heavy atom. The molecule has 3 aliphatic heterocycles. The maximum Gasteiger partial charge on any atom is 0.271 e. The summed E-state index contributed by atoms with van der Waals surface area (Å²) in [4.78, 5) is 42.8. The van der Waals surface area contributed by atoms with Crippen LogP contribution in [-0.2, 0) is 19.4 Å². The SMILES string of the molecule is CS(=O)(=O)/C(F)=C/[C@H](C[C@@H]1CCNC1=O)NC(=O)[C@@H]1[C@@H]2CC[C@@H](CC2(F)F)N1C(=O)c1cc2c(F)ccc(F)c2[nH]1. The van der Waals surface area contributed by atoms with Crippen LogP contribution >= 0.6 is 0 Å². The minimum absolute atomic E-state index is 0.112. The van der Waals surface area contributed by atoms with E-state index in [1.165, 1.54) is 0 Å². The maximum absolute atomic E-state index is 15.1. The number of aromatic amines is 1.